The minimum absolute atomic E-state index is 0.168. The van der Waals surface area contributed by atoms with Gasteiger partial charge in [-0.3, -0.25) is 14.9 Å². The van der Waals surface area contributed by atoms with E-state index in [0.717, 1.165) is 5.56 Å². The molecule has 0 saturated heterocycles. The van der Waals surface area contributed by atoms with Crippen LogP contribution in [0.4, 0.5) is 0 Å². The number of hydrogen-bond donors (Lipinski definition) is 1. The first-order valence-electron chi connectivity index (χ1n) is 8.64. The maximum Gasteiger partial charge on any atom is 0.347 e. The molecular formula is C20H18N2O7. The molecule has 2 aromatic carbocycles. The molecule has 0 radical (unpaired) electrons. The Morgan fingerprint density at radius 1 is 1.00 bits per heavy atom. The van der Waals surface area contributed by atoms with E-state index in [-0.39, 0.29) is 6.79 Å². The summed E-state index contributed by atoms with van der Waals surface area (Å²) in [6.45, 7) is 0.779. The minimum atomic E-state index is -0.797. The molecule has 1 aliphatic heterocycles. The Kier molecular flexibility index (Phi) is 6.41. The van der Waals surface area contributed by atoms with Crippen molar-refractivity contribution in [2.24, 2.45) is 5.16 Å². The molecule has 0 atom stereocenters. The van der Waals surface area contributed by atoms with E-state index in [2.05, 4.69) is 10.5 Å². The largest absolute Gasteiger partial charge is 0.454 e. The number of hydrogen-bond acceptors (Lipinski definition) is 8. The number of imide groups is 1. The Balaban J connectivity index is 1.40. The van der Waals surface area contributed by atoms with Gasteiger partial charge in [-0.2, -0.15) is 0 Å². The number of benzene rings is 2. The van der Waals surface area contributed by atoms with Gasteiger partial charge in [-0.1, -0.05) is 23.4 Å². The maximum absolute atomic E-state index is 11.8. The van der Waals surface area contributed by atoms with E-state index in [1.807, 2.05) is 0 Å². The molecular weight excluding hydrogens is 380 g/mol. The van der Waals surface area contributed by atoms with Gasteiger partial charge in [0.1, 0.15) is 0 Å². The quantitative estimate of drug-likeness (QED) is 0.429. The molecule has 0 bridgehead atoms. The number of rotatable bonds is 7. The van der Waals surface area contributed by atoms with Gasteiger partial charge < -0.3 is 19.0 Å². The van der Waals surface area contributed by atoms with Crippen LogP contribution < -0.4 is 14.8 Å². The zero-order valence-corrected chi connectivity index (χ0v) is 15.5. The highest BCUT2D eigenvalue weighted by Crippen LogP contribution is 2.32. The lowest BCUT2D eigenvalue weighted by Gasteiger charge is -2.06. The van der Waals surface area contributed by atoms with Gasteiger partial charge in [0.15, 0.2) is 18.1 Å². The summed E-state index contributed by atoms with van der Waals surface area (Å²) in [6.07, 6.45) is 0. The summed E-state index contributed by atoms with van der Waals surface area (Å²) in [5, 5.41) is 5.96. The number of carbonyl (C=O) groups is 3. The van der Waals surface area contributed by atoms with Crippen molar-refractivity contribution in [1.82, 2.24) is 5.32 Å². The molecule has 3 rings (SSSR count). The van der Waals surface area contributed by atoms with Crippen LogP contribution in [0.15, 0.2) is 53.7 Å². The molecule has 9 nitrogen and oxygen atoms in total. The lowest BCUT2D eigenvalue weighted by molar-refractivity contribution is -0.152. The zero-order chi connectivity index (χ0) is 20.6. The summed E-state index contributed by atoms with van der Waals surface area (Å²) in [6, 6.07) is 13.5. The van der Waals surface area contributed by atoms with Crippen LogP contribution in [-0.4, -0.2) is 43.5 Å². The van der Waals surface area contributed by atoms with E-state index in [1.54, 1.807) is 55.5 Å². The maximum atomic E-state index is 11.8. The van der Waals surface area contributed by atoms with Gasteiger partial charge in [0, 0.05) is 11.1 Å². The van der Waals surface area contributed by atoms with Crippen molar-refractivity contribution in [3.05, 3.63) is 59.7 Å². The highest BCUT2D eigenvalue weighted by molar-refractivity contribution is 6.05. The number of nitrogens with zero attached hydrogens (tertiary/aromatic N) is 1. The lowest BCUT2D eigenvalue weighted by atomic mass is 10.1. The van der Waals surface area contributed by atoms with E-state index in [0.29, 0.717) is 22.8 Å². The number of ether oxygens (including phenoxy) is 3. The van der Waals surface area contributed by atoms with E-state index in [9.17, 15) is 14.4 Å². The van der Waals surface area contributed by atoms with Crippen LogP contribution in [0.25, 0.3) is 0 Å². The summed E-state index contributed by atoms with van der Waals surface area (Å²) in [4.78, 5) is 40.1. The smallest absolute Gasteiger partial charge is 0.347 e. The second kappa shape index (κ2) is 9.36. The first-order chi connectivity index (χ1) is 14.0. The molecule has 2 aromatic rings. The molecule has 29 heavy (non-hydrogen) atoms. The molecule has 0 aliphatic carbocycles. The average molecular weight is 398 g/mol. The summed E-state index contributed by atoms with van der Waals surface area (Å²) < 4.78 is 15.3. The lowest BCUT2D eigenvalue weighted by Crippen LogP contribution is -2.34. The zero-order valence-electron chi connectivity index (χ0n) is 15.5. The Morgan fingerprint density at radius 2 is 1.76 bits per heavy atom. The van der Waals surface area contributed by atoms with Crippen molar-refractivity contribution < 1.29 is 33.4 Å². The molecule has 0 unspecified atom stereocenters. The number of fused-ring (bicyclic) bond motifs is 1. The van der Waals surface area contributed by atoms with Crippen molar-refractivity contribution in [3.63, 3.8) is 0 Å². The number of oxime groups is 1. The highest BCUT2D eigenvalue weighted by Gasteiger charge is 2.15. The topological polar surface area (TPSA) is 113 Å². The van der Waals surface area contributed by atoms with E-state index in [4.69, 9.17) is 19.0 Å². The van der Waals surface area contributed by atoms with Crippen LogP contribution in [-0.2, 0) is 19.2 Å². The van der Waals surface area contributed by atoms with Crippen LogP contribution in [0.2, 0.25) is 0 Å². The predicted molar refractivity (Wildman–Crippen MR) is 101 cm³/mol. The Morgan fingerprint density at radius 3 is 2.55 bits per heavy atom. The minimum Gasteiger partial charge on any atom is -0.454 e. The van der Waals surface area contributed by atoms with Gasteiger partial charge in [0.2, 0.25) is 13.4 Å². The summed E-state index contributed by atoms with van der Waals surface area (Å²) in [5.41, 5.74) is 1.58. The first-order valence-corrected chi connectivity index (χ1v) is 8.64. The molecule has 1 heterocycles. The van der Waals surface area contributed by atoms with Gasteiger partial charge in [-0.15, -0.1) is 0 Å². The SMILES string of the molecule is CC(=NOCC(=O)OCC(=O)NC(=O)c1ccccc1)c1ccc2c(c1)OCO2. The fourth-order valence-electron chi connectivity index (χ4n) is 2.37. The van der Waals surface area contributed by atoms with Crippen LogP contribution in [0.1, 0.15) is 22.8 Å². The van der Waals surface area contributed by atoms with Crippen LogP contribution >= 0.6 is 0 Å². The molecule has 0 aromatic heterocycles. The van der Waals surface area contributed by atoms with Gasteiger partial charge in [0.25, 0.3) is 11.8 Å². The van der Waals surface area contributed by atoms with E-state index >= 15 is 0 Å². The number of carbonyl (C=O) groups excluding carboxylic acids is 3. The fourth-order valence-corrected chi connectivity index (χ4v) is 2.37. The second-order valence-corrected chi connectivity index (χ2v) is 5.92. The molecule has 0 spiro atoms. The summed E-state index contributed by atoms with van der Waals surface area (Å²) in [5.74, 6) is -0.865. The average Bonchev–Trinajstić information content (AvgIpc) is 3.20. The van der Waals surface area contributed by atoms with Crippen molar-refractivity contribution in [2.45, 2.75) is 6.92 Å². The van der Waals surface area contributed by atoms with Gasteiger partial charge in [0.05, 0.1) is 5.71 Å². The summed E-state index contributed by atoms with van der Waals surface area (Å²) in [7, 11) is 0. The molecule has 2 amide bonds. The number of nitrogens with one attached hydrogen (secondary N) is 1. The standard InChI is InChI=1S/C20H18N2O7/c1-13(15-7-8-16-17(9-15)28-12-27-16)22-29-11-19(24)26-10-18(23)21-20(25)14-5-3-2-4-6-14/h2-9H,10-12H2,1H3,(H,21,23,25). The van der Waals surface area contributed by atoms with E-state index in [1.165, 1.54) is 0 Å². The summed E-state index contributed by atoms with van der Waals surface area (Å²) >= 11 is 0. The Labute approximate surface area is 166 Å². The fraction of sp³-hybridized carbons (Fsp3) is 0.200. The van der Waals surface area contributed by atoms with Gasteiger partial charge >= 0.3 is 5.97 Å². The highest BCUT2D eigenvalue weighted by atomic mass is 16.7. The molecule has 1 N–H and O–H groups in total. The van der Waals surface area contributed by atoms with Gasteiger partial charge in [-0.05, 0) is 37.3 Å². The Bertz CT molecular complexity index is 941. The predicted octanol–water partition coefficient (Wildman–Crippen LogP) is 1.66. The molecule has 0 fully saturated rings. The number of amides is 2. The normalized spacial score (nSPS) is 12.2. The van der Waals surface area contributed by atoms with Crippen molar-refractivity contribution in [3.8, 4) is 11.5 Å². The monoisotopic (exact) mass is 398 g/mol. The van der Waals surface area contributed by atoms with Crippen LogP contribution in [0.3, 0.4) is 0 Å². The third-order valence-electron chi connectivity index (χ3n) is 3.83. The molecule has 0 saturated carbocycles. The molecule has 9 heteroatoms. The van der Waals surface area contributed by atoms with E-state index < -0.39 is 31.0 Å². The Hall–Kier alpha value is -3.88. The van der Waals surface area contributed by atoms with Crippen molar-refractivity contribution in [1.29, 1.82) is 0 Å². The number of esters is 1. The van der Waals surface area contributed by atoms with Crippen molar-refractivity contribution >= 4 is 23.5 Å². The third kappa shape index (κ3) is 5.55. The van der Waals surface area contributed by atoms with Crippen molar-refractivity contribution in [2.75, 3.05) is 20.0 Å². The van der Waals surface area contributed by atoms with Crippen LogP contribution in [0, 0.1) is 0 Å². The van der Waals surface area contributed by atoms with Crippen LogP contribution in [0.5, 0.6) is 11.5 Å². The molecule has 150 valence electrons. The molecule has 1 aliphatic rings. The first kappa shape index (κ1) is 19.9. The second-order valence-electron chi connectivity index (χ2n) is 5.92. The van der Waals surface area contributed by atoms with Gasteiger partial charge in [-0.25, -0.2) is 4.79 Å². The third-order valence-corrected chi connectivity index (χ3v) is 3.83.